The summed E-state index contributed by atoms with van der Waals surface area (Å²) in [5.74, 6) is -0.0242. The number of furan rings is 1. The molecule has 0 bridgehead atoms. The molecular weight excluding hydrogens is 246 g/mol. The largest absolute Gasteiger partial charge is 0.457 e. The van der Waals surface area contributed by atoms with Crippen LogP contribution in [-0.2, 0) is 4.74 Å². The fraction of sp³-hybridized carbons (Fsp3) is 0.143. The van der Waals surface area contributed by atoms with Crippen LogP contribution in [0.15, 0.2) is 51.5 Å². The lowest BCUT2D eigenvalue weighted by Gasteiger charge is -2.07. The standard InChI is InChI=1S/C14H11NO4/c1-9(18-14(16)12-7-4-8-17-12)13-15-10-5-2-3-6-11(10)19-13/h2-9H,1H3/t9-/m1/s1. The Morgan fingerprint density at radius 3 is 2.84 bits per heavy atom. The van der Waals surface area contributed by atoms with Crippen molar-refractivity contribution in [3.8, 4) is 0 Å². The topological polar surface area (TPSA) is 65.5 Å². The van der Waals surface area contributed by atoms with Gasteiger partial charge in [-0.2, -0.15) is 0 Å². The van der Waals surface area contributed by atoms with E-state index in [1.807, 2.05) is 24.3 Å². The minimum Gasteiger partial charge on any atom is -0.457 e. The number of esters is 1. The first kappa shape index (κ1) is 11.5. The number of rotatable bonds is 3. The summed E-state index contributed by atoms with van der Waals surface area (Å²) in [6.07, 6.45) is 0.839. The summed E-state index contributed by atoms with van der Waals surface area (Å²) in [7, 11) is 0. The van der Waals surface area contributed by atoms with Crippen LogP contribution < -0.4 is 0 Å². The van der Waals surface area contributed by atoms with Crippen LogP contribution in [-0.4, -0.2) is 11.0 Å². The van der Waals surface area contributed by atoms with Crippen LogP contribution in [0.4, 0.5) is 0 Å². The molecule has 0 aliphatic rings. The molecule has 96 valence electrons. The Hall–Kier alpha value is -2.56. The number of oxazole rings is 1. The van der Waals surface area contributed by atoms with Crippen LogP contribution in [0.1, 0.15) is 29.5 Å². The van der Waals surface area contributed by atoms with Crippen LogP contribution in [0.5, 0.6) is 0 Å². The molecule has 2 heterocycles. The molecule has 0 unspecified atom stereocenters. The molecule has 0 fully saturated rings. The van der Waals surface area contributed by atoms with Gasteiger partial charge in [-0.1, -0.05) is 12.1 Å². The van der Waals surface area contributed by atoms with E-state index in [1.165, 1.54) is 6.26 Å². The molecule has 0 saturated heterocycles. The second kappa shape index (κ2) is 4.61. The van der Waals surface area contributed by atoms with Gasteiger partial charge >= 0.3 is 5.97 Å². The fourth-order valence-corrected chi connectivity index (χ4v) is 1.73. The minimum atomic E-state index is -0.579. The SMILES string of the molecule is C[C@@H](OC(=O)c1ccco1)c1nc2ccccc2o1. The smallest absolute Gasteiger partial charge is 0.374 e. The minimum absolute atomic E-state index is 0.156. The number of carbonyl (C=O) groups excluding carboxylic acids is 1. The summed E-state index contributed by atoms with van der Waals surface area (Å²) >= 11 is 0. The summed E-state index contributed by atoms with van der Waals surface area (Å²) in [4.78, 5) is 16.0. The van der Waals surface area contributed by atoms with Crippen molar-refractivity contribution < 1.29 is 18.4 Å². The molecule has 0 aliphatic carbocycles. The van der Waals surface area contributed by atoms with Gasteiger partial charge in [0, 0.05) is 0 Å². The van der Waals surface area contributed by atoms with Crippen molar-refractivity contribution in [1.82, 2.24) is 4.98 Å². The van der Waals surface area contributed by atoms with Gasteiger partial charge in [0.1, 0.15) is 5.52 Å². The van der Waals surface area contributed by atoms with Gasteiger partial charge in [-0.05, 0) is 31.2 Å². The molecule has 0 saturated carbocycles. The zero-order valence-electron chi connectivity index (χ0n) is 10.2. The van der Waals surface area contributed by atoms with E-state index in [0.29, 0.717) is 11.5 Å². The highest BCUT2D eigenvalue weighted by atomic mass is 16.6. The molecule has 1 atom stereocenters. The highest BCUT2D eigenvalue weighted by Crippen LogP contribution is 2.22. The predicted molar refractivity (Wildman–Crippen MR) is 66.5 cm³/mol. The molecule has 0 radical (unpaired) electrons. The van der Waals surface area contributed by atoms with E-state index in [1.54, 1.807) is 19.1 Å². The Labute approximate surface area is 108 Å². The average molecular weight is 257 g/mol. The van der Waals surface area contributed by atoms with Gasteiger partial charge in [-0.3, -0.25) is 0 Å². The second-order valence-corrected chi connectivity index (χ2v) is 4.04. The molecule has 19 heavy (non-hydrogen) atoms. The van der Waals surface area contributed by atoms with E-state index in [-0.39, 0.29) is 5.76 Å². The van der Waals surface area contributed by atoms with Crippen LogP contribution in [0.3, 0.4) is 0 Å². The van der Waals surface area contributed by atoms with E-state index >= 15 is 0 Å². The second-order valence-electron chi connectivity index (χ2n) is 4.04. The highest BCUT2D eigenvalue weighted by molar-refractivity contribution is 5.86. The van der Waals surface area contributed by atoms with E-state index in [9.17, 15) is 4.79 Å². The Kier molecular flexibility index (Phi) is 2.79. The third-order valence-corrected chi connectivity index (χ3v) is 2.66. The zero-order chi connectivity index (χ0) is 13.2. The van der Waals surface area contributed by atoms with Gasteiger partial charge in [0.2, 0.25) is 11.7 Å². The van der Waals surface area contributed by atoms with Crippen molar-refractivity contribution in [3.63, 3.8) is 0 Å². The first-order valence-corrected chi connectivity index (χ1v) is 5.84. The van der Waals surface area contributed by atoms with Crippen LogP contribution in [0.25, 0.3) is 11.1 Å². The summed E-state index contributed by atoms with van der Waals surface area (Å²) in [5, 5.41) is 0. The molecule has 5 nitrogen and oxygen atoms in total. The number of benzene rings is 1. The number of carbonyl (C=O) groups is 1. The lowest BCUT2D eigenvalue weighted by Crippen LogP contribution is -2.08. The molecule has 2 aromatic heterocycles. The third kappa shape index (κ3) is 2.22. The van der Waals surface area contributed by atoms with E-state index in [4.69, 9.17) is 13.6 Å². The van der Waals surface area contributed by atoms with Gasteiger partial charge in [-0.25, -0.2) is 9.78 Å². The number of fused-ring (bicyclic) bond motifs is 1. The molecule has 0 spiro atoms. The lowest BCUT2D eigenvalue weighted by molar-refractivity contribution is 0.0247. The molecule has 0 amide bonds. The van der Waals surface area contributed by atoms with Crippen LogP contribution in [0, 0.1) is 0 Å². The summed E-state index contributed by atoms with van der Waals surface area (Å²) in [6.45, 7) is 1.70. The van der Waals surface area contributed by atoms with E-state index in [2.05, 4.69) is 4.98 Å². The maximum Gasteiger partial charge on any atom is 0.374 e. The fourth-order valence-electron chi connectivity index (χ4n) is 1.73. The Morgan fingerprint density at radius 1 is 1.26 bits per heavy atom. The molecule has 3 aromatic rings. The maximum absolute atomic E-state index is 11.7. The number of hydrogen-bond donors (Lipinski definition) is 0. The first-order valence-electron chi connectivity index (χ1n) is 5.84. The quantitative estimate of drug-likeness (QED) is 0.673. The summed E-state index contributed by atoms with van der Waals surface area (Å²) in [5.41, 5.74) is 1.40. The Bertz CT molecular complexity index is 666. The van der Waals surface area contributed by atoms with Gasteiger partial charge < -0.3 is 13.6 Å². The molecule has 0 aliphatic heterocycles. The van der Waals surface area contributed by atoms with Crippen molar-refractivity contribution in [2.75, 3.05) is 0 Å². The highest BCUT2D eigenvalue weighted by Gasteiger charge is 2.20. The molecular formula is C14H11NO4. The Balaban J connectivity index is 1.80. The average Bonchev–Trinajstić information content (AvgIpc) is 3.07. The molecule has 5 heteroatoms. The summed E-state index contributed by atoms with van der Waals surface area (Å²) in [6, 6.07) is 10.5. The number of aromatic nitrogens is 1. The number of nitrogens with zero attached hydrogens (tertiary/aromatic N) is 1. The van der Waals surface area contributed by atoms with E-state index in [0.717, 1.165) is 5.52 Å². The van der Waals surface area contributed by atoms with Crippen molar-refractivity contribution in [2.24, 2.45) is 0 Å². The maximum atomic E-state index is 11.7. The normalized spacial score (nSPS) is 12.5. The third-order valence-electron chi connectivity index (χ3n) is 2.66. The van der Waals surface area contributed by atoms with Crippen molar-refractivity contribution >= 4 is 17.1 Å². The predicted octanol–water partition coefficient (Wildman–Crippen LogP) is 3.34. The van der Waals surface area contributed by atoms with Crippen LogP contribution >= 0.6 is 0 Å². The number of hydrogen-bond acceptors (Lipinski definition) is 5. The summed E-state index contributed by atoms with van der Waals surface area (Å²) < 4.78 is 15.7. The number of ether oxygens (including phenoxy) is 1. The van der Waals surface area contributed by atoms with E-state index < -0.39 is 12.1 Å². The monoisotopic (exact) mass is 257 g/mol. The molecule has 3 rings (SSSR count). The van der Waals surface area contributed by atoms with Gasteiger partial charge in [-0.15, -0.1) is 0 Å². The Morgan fingerprint density at radius 2 is 2.11 bits per heavy atom. The van der Waals surface area contributed by atoms with Crippen molar-refractivity contribution in [1.29, 1.82) is 0 Å². The van der Waals surface area contributed by atoms with Gasteiger partial charge in [0.05, 0.1) is 6.26 Å². The first-order chi connectivity index (χ1) is 9.24. The van der Waals surface area contributed by atoms with Gasteiger partial charge in [0.15, 0.2) is 11.7 Å². The number of para-hydroxylation sites is 2. The molecule has 0 N–H and O–H groups in total. The van der Waals surface area contributed by atoms with Crippen molar-refractivity contribution in [2.45, 2.75) is 13.0 Å². The lowest BCUT2D eigenvalue weighted by atomic mass is 10.3. The zero-order valence-corrected chi connectivity index (χ0v) is 10.2. The molecule has 1 aromatic carbocycles. The van der Waals surface area contributed by atoms with Crippen molar-refractivity contribution in [3.05, 3.63) is 54.3 Å². The van der Waals surface area contributed by atoms with Gasteiger partial charge in [0.25, 0.3) is 0 Å². The van der Waals surface area contributed by atoms with Crippen LogP contribution in [0.2, 0.25) is 0 Å².